The third-order valence-corrected chi connectivity index (χ3v) is 14.4. The van der Waals surface area contributed by atoms with Gasteiger partial charge in [-0.2, -0.15) is 0 Å². The van der Waals surface area contributed by atoms with Crippen molar-refractivity contribution in [2.24, 2.45) is 11.8 Å². The Morgan fingerprint density at radius 2 is 0.930 bits per heavy atom. The standard InChI is InChI=1S/C30H49N6O11P.C23H33N5O10/c1-17(2)28(39)34-26-23-27(32-15-31-26)35(16-33-23)29-25(24(20(7)45-29)47-48(40-10)36(18(3)4)19(5)6)46-30(43-13-11-41-21(8)37)44-14-12-42-22(9)38;1-12(2)21(32)27-19-16-20(25-10-24-19)28(11-26-16)22-18(17(31)13(3)37-22)38-23(35-8-6-33-14(4)29)36-9-7-34-15(5)30/h15-20,24-25,29-30H,11-14H2,1-10H3,(H,31,32,34,39);10-13,17-18,22-23,31H,6-9H2,1-5H3,(H,24,25,27,32)/t20-,24+,25?,29-,48?;13-,17+,18?,22-/m11/s1. The monoisotopic (exact) mass is 1240 g/mol. The van der Waals surface area contributed by atoms with E-state index in [9.17, 15) is 33.9 Å². The van der Waals surface area contributed by atoms with Crippen LogP contribution in [-0.2, 0) is 94.7 Å². The molecular formula is C53H82N11O21P. The number of carbonyl (C=O) groups is 6. The molecule has 4 aromatic rings. The fourth-order valence-corrected chi connectivity index (χ4v) is 10.0. The topological polar surface area (TPSA) is 366 Å². The molecule has 2 amide bonds. The second-order valence-corrected chi connectivity index (χ2v) is 22.0. The number of nitrogens with one attached hydrogen (secondary N) is 2. The molecule has 33 heteroatoms. The van der Waals surface area contributed by atoms with Crippen LogP contribution in [0.4, 0.5) is 11.6 Å². The van der Waals surface area contributed by atoms with E-state index in [0.29, 0.717) is 22.3 Å². The van der Waals surface area contributed by atoms with E-state index >= 15 is 0 Å². The Bertz CT molecular complexity index is 2770. The molecular weight excluding hydrogens is 1160 g/mol. The van der Waals surface area contributed by atoms with Crippen LogP contribution in [0.5, 0.6) is 0 Å². The quantitative estimate of drug-likeness (QED) is 0.0204. The molecule has 2 aliphatic rings. The highest BCUT2D eigenvalue weighted by molar-refractivity contribution is 7.44. The molecule has 86 heavy (non-hydrogen) atoms. The van der Waals surface area contributed by atoms with Crippen LogP contribution in [0.2, 0.25) is 0 Å². The van der Waals surface area contributed by atoms with Crippen LogP contribution in [0.25, 0.3) is 22.3 Å². The molecule has 0 spiro atoms. The summed E-state index contributed by atoms with van der Waals surface area (Å²) in [7, 11) is 0.00114. The first-order valence-corrected chi connectivity index (χ1v) is 29.0. The highest BCUT2D eigenvalue weighted by Gasteiger charge is 2.50. The van der Waals surface area contributed by atoms with Crippen LogP contribution in [0.15, 0.2) is 25.3 Å². The molecule has 3 N–H and O–H groups in total. The lowest BCUT2D eigenvalue weighted by Crippen LogP contribution is -2.42. The molecule has 0 aliphatic carbocycles. The number of fused-ring (bicyclic) bond motifs is 2. The van der Waals surface area contributed by atoms with Crippen molar-refractivity contribution in [3.63, 3.8) is 0 Å². The number of aliphatic hydroxyl groups excluding tert-OH is 1. The zero-order valence-corrected chi connectivity index (χ0v) is 52.0. The minimum atomic E-state index is -1.59. The van der Waals surface area contributed by atoms with Crippen molar-refractivity contribution in [3.05, 3.63) is 25.3 Å². The summed E-state index contributed by atoms with van der Waals surface area (Å²) in [4.78, 5) is 95.3. The number of nitrogens with zero attached hydrogens (tertiary/aromatic N) is 9. The molecule has 6 heterocycles. The van der Waals surface area contributed by atoms with Crippen molar-refractivity contribution >= 4 is 78.2 Å². The fraction of sp³-hybridized carbons (Fsp3) is 0.698. The molecule has 2 saturated heterocycles. The van der Waals surface area contributed by atoms with E-state index in [-0.39, 0.29) is 100 Å². The third kappa shape index (κ3) is 20.5. The van der Waals surface area contributed by atoms with Crippen molar-refractivity contribution < 1.29 is 99.8 Å². The summed E-state index contributed by atoms with van der Waals surface area (Å²) in [5, 5.41) is 16.4. The maximum absolute atomic E-state index is 12.5. The van der Waals surface area contributed by atoms with Crippen molar-refractivity contribution in [2.45, 2.75) is 171 Å². The van der Waals surface area contributed by atoms with Crippen molar-refractivity contribution in [1.29, 1.82) is 0 Å². The van der Waals surface area contributed by atoms with Crippen molar-refractivity contribution in [2.75, 3.05) is 70.6 Å². The number of aromatic nitrogens is 8. The molecule has 0 saturated carbocycles. The second-order valence-electron chi connectivity index (χ2n) is 20.5. The summed E-state index contributed by atoms with van der Waals surface area (Å²) in [6.07, 6.45) is -1.16. The van der Waals surface area contributed by atoms with E-state index in [1.807, 2.05) is 6.92 Å². The summed E-state index contributed by atoms with van der Waals surface area (Å²) in [5.74, 6) is -2.42. The minimum Gasteiger partial charge on any atom is -0.463 e. The zero-order chi connectivity index (χ0) is 63.4. The normalized spacial score (nSPS) is 20.8. The lowest BCUT2D eigenvalue weighted by Gasteiger charge is -2.37. The van der Waals surface area contributed by atoms with Crippen LogP contribution in [0, 0.1) is 11.8 Å². The molecule has 480 valence electrons. The molecule has 9 atom stereocenters. The van der Waals surface area contributed by atoms with Gasteiger partial charge in [0.2, 0.25) is 11.8 Å². The number of ether oxygens (including phenoxy) is 12. The Labute approximate surface area is 499 Å². The van der Waals surface area contributed by atoms with E-state index in [0.717, 1.165) is 0 Å². The number of hydrogen-bond donors (Lipinski definition) is 3. The average Bonchev–Trinajstić information content (AvgIpc) is 1.76. The second kappa shape index (κ2) is 34.4. The first-order chi connectivity index (χ1) is 40.8. The van der Waals surface area contributed by atoms with Gasteiger partial charge in [-0.1, -0.05) is 27.7 Å². The molecule has 6 rings (SSSR count). The lowest BCUT2D eigenvalue weighted by molar-refractivity contribution is -0.320. The van der Waals surface area contributed by atoms with Crippen molar-refractivity contribution in [1.82, 2.24) is 43.7 Å². The number of hydrogen-bond acceptors (Lipinski definition) is 28. The van der Waals surface area contributed by atoms with Gasteiger partial charge in [0.15, 0.2) is 46.4 Å². The maximum Gasteiger partial charge on any atom is 0.302 e. The fourth-order valence-electron chi connectivity index (χ4n) is 8.38. The van der Waals surface area contributed by atoms with E-state index in [1.165, 1.54) is 53.0 Å². The number of rotatable bonds is 32. The summed E-state index contributed by atoms with van der Waals surface area (Å²) in [5.41, 5.74) is 1.38. The van der Waals surface area contributed by atoms with Crippen LogP contribution >= 0.6 is 8.53 Å². The lowest BCUT2D eigenvalue weighted by atomic mass is 10.1. The number of carbonyl (C=O) groups excluding carboxylic acids is 6. The largest absolute Gasteiger partial charge is 0.463 e. The maximum atomic E-state index is 12.5. The Morgan fingerprint density at radius 1 is 0.558 bits per heavy atom. The predicted octanol–water partition coefficient (Wildman–Crippen LogP) is 4.07. The summed E-state index contributed by atoms with van der Waals surface area (Å²) in [6, 6.07) is 0.194. The van der Waals surface area contributed by atoms with Gasteiger partial charge >= 0.3 is 23.9 Å². The third-order valence-electron chi connectivity index (χ3n) is 12.4. The van der Waals surface area contributed by atoms with Crippen molar-refractivity contribution in [3.8, 4) is 0 Å². The summed E-state index contributed by atoms with van der Waals surface area (Å²) >= 11 is 0. The Balaban J connectivity index is 0.000000322. The van der Waals surface area contributed by atoms with E-state index in [4.69, 9.17) is 65.9 Å². The highest BCUT2D eigenvalue weighted by Crippen LogP contribution is 2.50. The van der Waals surface area contributed by atoms with Gasteiger partial charge in [0.1, 0.15) is 63.5 Å². The van der Waals surface area contributed by atoms with Crippen LogP contribution < -0.4 is 10.6 Å². The Kier molecular flexibility index (Phi) is 28.3. The van der Waals surface area contributed by atoms with Gasteiger partial charge in [0.05, 0.1) is 51.3 Å². The van der Waals surface area contributed by atoms with Gasteiger partial charge in [-0.3, -0.25) is 37.9 Å². The number of esters is 4. The number of amides is 2. The predicted molar refractivity (Wildman–Crippen MR) is 301 cm³/mol. The molecule has 4 aromatic heterocycles. The smallest absolute Gasteiger partial charge is 0.302 e. The number of aliphatic hydroxyl groups is 1. The van der Waals surface area contributed by atoms with E-state index in [2.05, 4.69) is 72.9 Å². The SMILES string of the molecule is CC(=O)OCCOC(OCCOC(C)=O)OC1[C@@H](O)[C@@H](C)O[C@H]1n1cnc2c(NC(=O)C(C)C)ncnc21.COP(O[C@@H]1C(OC(OCCOC(C)=O)OCCOC(C)=O)[C@H](n2cnc3c(NC(=O)C(C)C)ncnc32)O[C@@H]1C)N(C(C)C)C(C)C. The van der Waals surface area contributed by atoms with Gasteiger partial charge in [-0.05, 0) is 41.5 Å². The Morgan fingerprint density at radius 3 is 1.29 bits per heavy atom. The van der Waals surface area contributed by atoms with Crippen LogP contribution in [0.3, 0.4) is 0 Å². The van der Waals surface area contributed by atoms with Gasteiger partial charge in [0.25, 0.3) is 21.5 Å². The summed E-state index contributed by atoms with van der Waals surface area (Å²) in [6.45, 7) is 20.8. The molecule has 3 unspecified atom stereocenters. The Hall–Kier alpha value is -6.13. The first kappa shape index (κ1) is 70.6. The zero-order valence-electron chi connectivity index (χ0n) is 51.1. The van der Waals surface area contributed by atoms with Gasteiger partial charge in [-0.25, -0.2) is 34.6 Å². The highest BCUT2D eigenvalue weighted by atomic mass is 31.2. The number of imidazole rings is 2. The first-order valence-electron chi connectivity index (χ1n) is 27.9. The molecule has 0 bridgehead atoms. The molecule has 32 nitrogen and oxygen atoms in total. The van der Waals surface area contributed by atoms with E-state index in [1.54, 1.807) is 50.9 Å². The summed E-state index contributed by atoms with van der Waals surface area (Å²) < 4.78 is 85.3. The van der Waals surface area contributed by atoms with Gasteiger partial charge < -0.3 is 81.6 Å². The minimum absolute atomic E-state index is 0.0515. The number of anilines is 2. The average molecular weight is 1240 g/mol. The van der Waals surface area contributed by atoms with Crippen LogP contribution in [0.1, 0.15) is 109 Å². The molecule has 0 aromatic carbocycles. The molecule has 0 radical (unpaired) electrons. The molecule has 2 fully saturated rings. The van der Waals surface area contributed by atoms with Gasteiger partial charge in [0, 0.05) is 58.7 Å². The van der Waals surface area contributed by atoms with Gasteiger partial charge in [-0.15, -0.1) is 0 Å². The van der Waals surface area contributed by atoms with Crippen LogP contribution in [-0.4, -0.2) is 206 Å². The van der Waals surface area contributed by atoms with E-state index < -0.39 is 94.4 Å². The molecule has 2 aliphatic heterocycles.